The molecule has 0 spiro atoms. The second-order valence-electron chi connectivity index (χ2n) is 8.08. The fraction of sp³-hybridized carbons (Fsp3) is 0.842. The largest absolute Gasteiger partial charge is 0.466 e. The quantitative estimate of drug-likeness (QED) is 0.441. The van der Waals surface area contributed by atoms with E-state index in [2.05, 4.69) is 5.32 Å². The number of hydrogen-bond donors (Lipinski definition) is 2. The first-order valence-corrected chi connectivity index (χ1v) is 9.87. The summed E-state index contributed by atoms with van der Waals surface area (Å²) in [7, 11) is 0. The lowest BCUT2D eigenvalue weighted by molar-refractivity contribution is -0.886. The zero-order chi connectivity index (χ0) is 20.4. The molecule has 1 heterocycles. The zero-order valence-corrected chi connectivity index (χ0v) is 17.4. The van der Waals surface area contributed by atoms with Gasteiger partial charge in [-0.05, 0) is 34.6 Å². The van der Waals surface area contributed by atoms with Crippen LogP contribution in [0, 0.1) is 0 Å². The van der Waals surface area contributed by atoms with Crippen molar-refractivity contribution in [2.45, 2.75) is 65.5 Å². The number of amides is 2. The van der Waals surface area contributed by atoms with Gasteiger partial charge in [0.1, 0.15) is 12.0 Å². The third-order valence-electron chi connectivity index (χ3n) is 4.26. The van der Waals surface area contributed by atoms with Crippen LogP contribution in [0.2, 0.25) is 0 Å². The number of quaternary nitrogens is 1. The first kappa shape index (κ1) is 23.2. The molecule has 27 heavy (non-hydrogen) atoms. The van der Waals surface area contributed by atoms with Crippen molar-refractivity contribution in [3.05, 3.63) is 0 Å². The Hall–Kier alpha value is -1.83. The average Bonchev–Trinajstić information content (AvgIpc) is 3.02. The van der Waals surface area contributed by atoms with Crippen LogP contribution in [0.15, 0.2) is 0 Å². The fourth-order valence-corrected chi connectivity index (χ4v) is 3.07. The van der Waals surface area contributed by atoms with Crippen LogP contribution in [-0.2, 0) is 19.1 Å². The second-order valence-corrected chi connectivity index (χ2v) is 8.08. The zero-order valence-electron chi connectivity index (χ0n) is 17.4. The van der Waals surface area contributed by atoms with E-state index >= 15 is 0 Å². The summed E-state index contributed by atoms with van der Waals surface area (Å²) < 4.78 is 10.1. The van der Waals surface area contributed by atoms with Gasteiger partial charge in [0.15, 0.2) is 0 Å². The van der Waals surface area contributed by atoms with Gasteiger partial charge in [0.25, 0.3) is 0 Å². The van der Waals surface area contributed by atoms with Crippen LogP contribution in [0.5, 0.6) is 0 Å². The molecule has 0 unspecified atom stereocenters. The molecule has 0 saturated carbocycles. The van der Waals surface area contributed by atoms with Gasteiger partial charge in [0.2, 0.25) is 5.91 Å². The topological polar surface area (TPSA) is 89.4 Å². The maximum absolute atomic E-state index is 12.6. The van der Waals surface area contributed by atoms with Crippen LogP contribution in [-0.4, -0.2) is 73.8 Å². The number of ether oxygens (including phenoxy) is 2. The van der Waals surface area contributed by atoms with Crippen LogP contribution >= 0.6 is 0 Å². The van der Waals surface area contributed by atoms with Gasteiger partial charge >= 0.3 is 12.1 Å². The van der Waals surface area contributed by atoms with Crippen molar-refractivity contribution in [2.24, 2.45) is 0 Å². The minimum absolute atomic E-state index is 0.251. The summed E-state index contributed by atoms with van der Waals surface area (Å²) in [5.41, 5.74) is -0.581. The van der Waals surface area contributed by atoms with Gasteiger partial charge in [0.05, 0.1) is 32.8 Å². The van der Waals surface area contributed by atoms with E-state index < -0.39 is 17.7 Å². The monoisotopic (exact) mass is 386 g/mol. The Morgan fingerprint density at radius 2 is 1.81 bits per heavy atom. The third kappa shape index (κ3) is 10.2. The summed E-state index contributed by atoms with van der Waals surface area (Å²) in [6.45, 7) is 13.1. The van der Waals surface area contributed by atoms with Crippen molar-refractivity contribution in [2.75, 3.05) is 39.3 Å². The number of carbonyl (C=O) groups is 3. The Balaban J connectivity index is 2.60. The van der Waals surface area contributed by atoms with Crippen LogP contribution < -0.4 is 10.2 Å². The molecule has 1 atom stereocenters. The number of hydrogen-bond acceptors (Lipinski definition) is 5. The lowest BCUT2D eigenvalue weighted by Gasteiger charge is -2.28. The van der Waals surface area contributed by atoms with E-state index in [9.17, 15) is 14.4 Å². The standard InChI is InChI=1S/C19H35N3O5/c1-6-26-17(24)13-16(23)22(12-11-21-9-7-8-10-21)14-15(2)20-18(25)27-19(3,4)5/h15H,6-14H2,1-5H3,(H,20,25)/p+1/t15-/m1/s1. The van der Waals surface area contributed by atoms with Crippen molar-refractivity contribution >= 4 is 18.0 Å². The number of carbonyl (C=O) groups excluding carboxylic acids is 3. The second kappa shape index (κ2) is 11.1. The minimum atomic E-state index is -0.581. The van der Waals surface area contributed by atoms with E-state index in [1.165, 1.54) is 17.7 Å². The van der Waals surface area contributed by atoms with Gasteiger partial charge in [-0.2, -0.15) is 0 Å². The highest BCUT2D eigenvalue weighted by Gasteiger charge is 2.24. The summed E-state index contributed by atoms with van der Waals surface area (Å²) in [6, 6.07) is -0.292. The number of esters is 1. The third-order valence-corrected chi connectivity index (χ3v) is 4.26. The van der Waals surface area contributed by atoms with Gasteiger partial charge in [-0.15, -0.1) is 0 Å². The Morgan fingerprint density at radius 1 is 1.19 bits per heavy atom. The Morgan fingerprint density at radius 3 is 2.37 bits per heavy atom. The molecule has 1 fully saturated rings. The molecule has 2 amide bonds. The highest BCUT2D eigenvalue weighted by Crippen LogP contribution is 2.07. The highest BCUT2D eigenvalue weighted by atomic mass is 16.6. The van der Waals surface area contributed by atoms with Crippen LogP contribution in [0.3, 0.4) is 0 Å². The predicted molar refractivity (Wildman–Crippen MR) is 101 cm³/mol. The Labute approximate surface area is 162 Å². The van der Waals surface area contributed by atoms with Crippen LogP contribution in [0.25, 0.3) is 0 Å². The minimum Gasteiger partial charge on any atom is -0.466 e. The lowest BCUT2D eigenvalue weighted by Crippen LogP contribution is -3.10. The average molecular weight is 387 g/mol. The maximum atomic E-state index is 12.6. The van der Waals surface area contributed by atoms with E-state index in [4.69, 9.17) is 9.47 Å². The van der Waals surface area contributed by atoms with E-state index in [0.717, 1.165) is 19.6 Å². The molecule has 0 bridgehead atoms. The van der Waals surface area contributed by atoms with Crippen molar-refractivity contribution in [1.29, 1.82) is 0 Å². The smallest absolute Gasteiger partial charge is 0.407 e. The molecule has 8 heteroatoms. The number of rotatable bonds is 9. The summed E-state index contributed by atoms with van der Waals surface area (Å²) in [5, 5.41) is 2.75. The predicted octanol–water partition coefficient (Wildman–Crippen LogP) is 0.360. The lowest BCUT2D eigenvalue weighted by atomic mass is 10.2. The molecule has 156 valence electrons. The van der Waals surface area contributed by atoms with E-state index in [-0.39, 0.29) is 25.0 Å². The molecule has 0 radical (unpaired) electrons. The highest BCUT2D eigenvalue weighted by molar-refractivity contribution is 5.94. The summed E-state index contributed by atoms with van der Waals surface area (Å²) in [5.74, 6) is -0.793. The van der Waals surface area contributed by atoms with E-state index in [1.807, 2.05) is 6.92 Å². The number of nitrogens with one attached hydrogen (secondary N) is 2. The van der Waals surface area contributed by atoms with Gasteiger partial charge < -0.3 is 24.6 Å². The molecule has 1 saturated heterocycles. The maximum Gasteiger partial charge on any atom is 0.407 e. The molecule has 0 aromatic heterocycles. The number of alkyl carbamates (subject to hydrolysis) is 1. The van der Waals surface area contributed by atoms with Gasteiger partial charge in [0, 0.05) is 25.4 Å². The van der Waals surface area contributed by atoms with E-state index in [1.54, 1.807) is 32.6 Å². The molecule has 2 N–H and O–H groups in total. The fourth-order valence-electron chi connectivity index (χ4n) is 3.07. The molecule has 0 aromatic carbocycles. The first-order valence-electron chi connectivity index (χ1n) is 9.87. The van der Waals surface area contributed by atoms with Crippen molar-refractivity contribution in [1.82, 2.24) is 10.2 Å². The summed E-state index contributed by atoms with van der Waals surface area (Å²) in [4.78, 5) is 39.3. The molecular weight excluding hydrogens is 350 g/mol. The Kier molecular flexibility index (Phi) is 9.55. The van der Waals surface area contributed by atoms with Crippen molar-refractivity contribution in [3.8, 4) is 0 Å². The van der Waals surface area contributed by atoms with Gasteiger partial charge in [-0.25, -0.2) is 4.79 Å². The number of likely N-dealkylation sites (tertiary alicyclic amines) is 1. The van der Waals surface area contributed by atoms with Crippen LogP contribution in [0.1, 0.15) is 53.9 Å². The molecule has 1 aliphatic heterocycles. The SMILES string of the molecule is CCOC(=O)CC(=O)N(CC[NH+]1CCCC1)C[C@@H](C)NC(=O)OC(C)(C)C. The Bertz CT molecular complexity index is 498. The molecule has 1 aliphatic rings. The molecule has 8 nitrogen and oxygen atoms in total. The molecule has 1 rings (SSSR count). The molecule has 0 aliphatic carbocycles. The summed E-state index contributed by atoms with van der Waals surface area (Å²) in [6.07, 6.45) is 1.63. The molecular formula is C19H36N3O5+. The van der Waals surface area contributed by atoms with E-state index in [0.29, 0.717) is 13.1 Å². The number of nitrogens with zero attached hydrogens (tertiary/aromatic N) is 1. The summed E-state index contributed by atoms with van der Waals surface area (Å²) >= 11 is 0. The first-order chi connectivity index (χ1) is 12.6. The van der Waals surface area contributed by atoms with Crippen molar-refractivity contribution in [3.63, 3.8) is 0 Å². The molecule has 0 aromatic rings. The normalized spacial score (nSPS) is 15.9. The van der Waals surface area contributed by atoms with Crippen molar-refractivity contribution < 1.29 is 28.8 Å². The van der Waals surface area contributed by atoms with Crippen LogP contribution in [0.4, 0.5) is 4.79 Å². The van der Waals surface area contributed by atoms with Gasteiger partial charge in [-0.3, -0.25) is 9.59 Å². The van der Waals surface area contributed by atoms with Gasteiger partial charge in [-0.1, -0.05) is 0 Å².